The van der Waals surface area contributed by atoms with Crippen LogP contribution < -0.4 is 9.46 Å². The van der Waals surface area contributed by atoms with Gasteiger partial charge in [0.2, 0.25) is 15.8 Å². The number of hydrogen-bond acceptors (Lipinski definition) is 7. The smallest absolute Gasteiger partial charge is 0.259 e. The van der Waals surface area contributed by atoms with Crippen LogP contribution in [0.15, 0.2) is 43.0 Å². The summed E-state index contributed by atoms with van der Waals surface area (Å²) < 4.78 is 32.7. The minimum Gasteiger partial charge on any atom is -0.467 e. The number of nitrogens with zero attached hydrogens (tertiary/aromatic N) is 4. The molecule has 0 amide bonds. The summed E-state index contributed by atoms with van der Waals surface area (Å²) in [5.74, 6) is 0.148. The van der Waals surface area contributed by atoms with E-state index in [0.29, 0.717) is 17.5 Å². The fourth-order valence-corrected chi connectivity index (χ4v) is 3.42. The zero-order valence-electron chi connectivity index (χ0n) is 14.5. The monoisotopic (exact) mass is 373 g/mol. The molecule has 1 N–H and O–H groups in total. The molecule has 0 saturated carbocycles. The van der Waals surface area contributed by atoms with E-state index in [0.717, 1.165) is 5.56 Å². The summed E-state index contributed by atoms with van der Waals surface area (Å²) in [5, 5.41) is 0. The van der Waals surface area contributed by atoms with Gasteiger partial charge in [0.15, 0.2) is 0 Å². The fourth-order valence-electron chi connectivity index (χ4n) is 2.36. The number of hydrogen-bond donors (Lipinski definition) is 1. The fraction of sp³-hybridized carbons (Fsp3) is 0.294. The van der Waals surface area contributed by atoms with Gasteiger partial charge in [-0.25, -0.2) is 18.4 Å². The average Bonchev–Trinajstić information content (AvgIpc) is 2.62. The van der Waals surface area contributed by atoms with E-state index in [1.165, 1.54) is 0 Å². The van der Waals surface area contributed by atoms with E-state index in [-0.39, 0.29) is 23.6 Å². The second-order valence-corrected chi connectivity index (χ2v) is 7.55. The first kappa shape index (κ1) is 18.0. The highest BCUT2D eigenvalue weighted by Crippen LogP contribution is 2.28. The first-order valence-corrected chi connectivity index (χ1v) is 9.82. The van der Waals surface area contributed by atoms with Gasteiger partial charge in [0.1, 0.15) is 11.6 Å². The Hall–Kier alpha value is -2.81. The number of anilines is 1. The molecule has 0 aromatic carbocycles. The molecule has 0 aliphatic rings. The Bertz CT molecular complexity index is 996. The van der Waals surface area contributed by atoms with Crippen molar-refractivity contribution in [3.8, 4) is 5.88 Å². The summed E-state index contributed by atoms with van der Waals surface area (Å²) in [4.78, 5) is 16.8. The molecule has 1 atom stereocenters. The second-order valence-electron chi connectivity index (χ2n) is 5.71. The summed E-state index contributed by atoms with van der Waals surface area (Å²) >= 11 is 0. The van der Waals surface area contributed by atoms with Crippen molar-refractivity contribution in [2.75, 3.05) is 10.5 Å². The molecule has 3 heterocycles. The molecule has 9 heteroatoms. The summed E-state index contributed by atoms with van der Waals surface area (Å²) in [5.41, 5.74) is 1.87. The van der Waals surface area contributed by atoms with Gasteiger partial charge in [-0.2, -0.15) is 0 Å². The van der Waals surface area contributed by atoms with Crippen molar-refractivity contribution < 1.29 is 13.2 Å². The number of pyridine rings is 2. The van der Waals surface area contributed by atoms with E-state index in [1.54, 1.807) is 43.8 Å². The quantitative estimate of drug-likeness (QED) is 0.678. The van der Waals surface area contributed by atoms with Crippen molar-refractivity contribution in [2.24, 2.45) is 0 Å². The van der Waals surface area contributed by atoms with Crippen LogP contribution >= 0.6 is 0 Å². The molecule has 0 fully saturated rings. The lowest BCUT2D eigenvalue weighted by Crippen LogP contribution is -2.18. The van der Waals surface area contributed by atoms with E-state index in [2.05, 4.69) is 24.7 Å². The highest BCUT2D eigenvalue weighted by Gasteiger charge is 2.19. The number of sulfonamides is 1. The molecule has 0 aliphatic heterocycles. The molecule has 3 aromatic heterocycles. The molecule has 136 valence electrons. The second kappa shape index (κ2) is 7.61. The maximum absolute atomic E-state index is 12.2. The number of nitrogens with one attached hydrogen (secondary N) is 1. The lowest BCUT2D eigenvalue weighted by molar-refractivity contribution is 0.218. The lowest BCUT2D eigenvalue weighted by Gasteiger charge is -2.17. The van der Waals surface area contributed by atoms with Gasteiger partial charge in [0, 0.05) is 24.2 Å². The molecule has 26 heavy (non-hydrogen) atoms. The van der Waals surface area contributed by atoms with Gasteiger partial charge in [-0.3, -0.25) is 14.7 Å². The molecule has 0 spiro atoms. The summed E-state index contributed by atoms with van der Waals surface area (Å²) in [6.45, 7) is 3.62. The standard InChI is InChI=1S/C17H19N5O3S/c1-3-9-26(23,24)22-16-17(21-15-11-19-8-6-14(15)20-16)25-12(2)13-5-4-7-18-10-13/h4-8,10-12H,3,9H2,1-2H3,(H,20,22). The Morgan fingerprint density at radius 2 is 1.92 bits per heavy atom. The molecule has 1 unspecified atom stereocenters. The zero-order chi connectivity index (χ0) is 18.6. The predicted octanol–water partition coefficient (Wildman–Crippen LogP) is 2.71. The average molecular weight is 373 g/mol. The van der Waals surface area contributed by atoms with Crippen molar-refractivity contribution in [3.63, 3.8) is 0 Å². The minimum atomic E-state index is -3.54. The van der Waals surface area contributed by atoms with Gasteiger partial charge in [0.25, 0.3) is 5.88 Å². The third kappa shape index (κ3) is 4.23. The van der Waals surface area contributed by atoms with E-state index in [4.69, 9.17) is 4.74 Å². The van der Waals surface area contributed by atoms with E-state index < -0.39 is 10.0 Å². The van der Waals surface area contributed by atoms with Crippen LogP contribution in [0.25, 0.3) is 11.0 Å². The maximum Gasteiger partial charge on any atom is 0.259 e. The first-order valence-electron chi connectivity index (χ1n) is 8.17. The van der Waals surface area contributed by atoms with Crippen molar-refractivity contribution in [1.29, 1.82) is 0 Å². The topological polar surface area (TPSA) is 107 Å². The largest absolute Gasteiger partial charge is 0.467 e. The lowest BCUT2D eigenvalue weighted by atomic mass is 10.2. The predicted molar refractivity (Wildman–Crippen MR) is 98.3 cm³/mol. The molecule has 3 aromatic rings. The molecule has 0 saturated heterocycles. The van der Waals surface area contributed by atoms with Crippen LogP contribution in [0.1, 0.15) is 31.9 Å². The Morgan fingerprint density at radius 3 is 2.65 bits per heavy atom. The Balaban J connectivity index is 1.99. The highest BCUT2D eigenvalue weighted by atomic mass is 32.2. The van der Waals surface area contributed by atoms with Gasteiger partial charge in [-0.1, -0.05) is 13.0 Å². The third-order valence-corrected chi connectivity index (χ3v) is 5.05. The summed E-state index contributed by atoms with van der Waals surface area (Å²) in [7, 11) is -3.54. The van der Waals surface area contributed by atoms with Crippen LogP contribution in [0, 0.1) is 0 Å². The molecule has 0 bridgehead atoms. The molecular weight excluding hydrogens is 354 g/mol. The highest BCUT2D eigenvalue weighted by molar-refractivity contribution is 7.92. The third-order valence-electron chi connectivity index (χ3n) is 3.60. The van der Waals surface area contributed by atoms with E-state index in [9.17, 15) is 8.42 Å². The van der Waals surface area contributed by atoms with Crippen LogP contribution in [-0.4, -0.2) is 34.1 Å². The maximum atomic E-state index is 12.2. The Labute approximate surface area is 151 Å². The number of fused-ring (bicyclic) bond motifs is 1. The van der Waals surface area contributed by atoms with Gasteiger partial charge in [0.05, 0.1) is 17.5 Å². The van der Waals surface area contributed by atoms with Crippen molar-refractivity contribution in [3.05, 3.63) is 48.5 Å². The van der Waals surface area contributed by atoms with Crippen molar-refractivity contribution in [1.82, 2.24) is 19.9 Å². The normalized spacial score (nSPS) is 12.7. The molecule has 0 aliphatic carbocycles. The van der Waals surface area contributed by atoms with Crippen molar-refractivity contribution in [2.45, 2.75) is 26.4 Å². The van der Waals surface area contributed by atoms with Gasteiger partial charge >= 0.3 is 0 Å². The Morgan fingerprint density at radius 1 is 1.12 bits per heavy atom. The molecular formula is C17H19N5O3S. The van der Waals surface area contributed by atoms with Crippen LogP contribution in [0.3, 0.4) is 0 Å². The van der Waals surface area contributed by atoms with Gasteiger partial charge in [-0.15, -0.1) is 0 Å². The van der Waals surface area contributed by atoms with Crippen LogP contribution in [0.5, 0.6) is 5.88 Å². The number of aromatic nitrogens is 4. The summed E-state index contributed by atoms with van der Waals surface area (Å²) in [6, 6.07) is 5.33. The van der Waals surface area contributed by atoms with Gasteiger partial charge < -0.3 is 4.74 Å². The first-order chi connectivity index (χ1) is 12.5. The van der Waals surface area contributed by atoms with Crippen molar-refractivity contribution >= 4 is 26.9 Å². The van der Waals surface area contributed by atoms with Gasteiger partial charge in [-0.05, 0) is 25.5 Å². The van der Waals surface area contributed by atoms with Crippen LogP contribution in [0.2, 0.25) is 0 Å². The Kier molecular flexibility index (Phi) is 5.27. The minimum absolute atomic E-state index is 0.0132. The molecule has 3 rings (SSSR count). The zero-order valence-corrected chi connectivity index (χ0v) is 15.3. The summed E-state index contributed by atoms with van der Waals surface area (Å²) in [6.07, 6.45) is 6.57. The van der Waals surface area contributed by atoms with Crippen LogP contribution in [-0.2, 0) is 10.0 Å². The number of ether oxygens (including phenoxy) is 1. The molecule has 8 nitrogen and oxygen atoms in total. The number of rotatable bonds is 7. The SMILES string of the molecule is CCCS(=O)(=O)Nc1nc2ccncc2nc1OC(C)c1cccnc1. The van der Waals surface area contributed by atoms with E-state index >= 15 is 0 Å². The van der Waals surface area contributed by atoms with Crippen LogP contribution in [0.4, 0.5) is 5.82 Å². The molecule has 0 radical (unpaired) electrons. The van der Waals surface area contributed by atoms with E-state index in [1.807, 2.05) is 13.0 Å².